The molecule has 32 heavy (non-hydrogen) atoms. The maximum atomic E-state index is 13.7. The van der Waals surface area contributed by atoms with Gasteiger partial charge in [0.1, 0.15) is 5.71 Å². The van der Waals surface area contributed by atoms with Gasteiger partial charge in [-0.2, -0.15) is 10.1 Å². The molecule has 0 fully saturated rings. The fraction of sp³-hybridized carbons (Fsp3) is 0.261. The van der Waals surface area contributed by atoms with Gasteiger partial charge in [-0.3, -0.25) is 4.79 Å². The lowest BCUT2D eigenvalue weighted by molar-refractivity contribution is -0.164. The van der Waals surface area contributed by atoms with Crippen molar-refractivity contribution >= 4 is 22.5 Å². The quantitative estimate of drug-likeness (QED) is 0.579. The molecule has 1 atom stereocenters. The fourth-order valence-electron chi connectivity index (χ4n) is 3.81. The van der Waals surface area contributed by atoms with Crippen molar-refractivity contribution in [2.45, 2.75) is 38.8 Å². The SMILES string of the molecule is Cc1ccc(-c2cc(C(=O)N3N=C(C(F)F)C[C@]3(O)C(F)F)c3ccccc3n2)c(C)c1. The van der Waals surface area contributed by atoms with Crippen LogP contribution in [0.15, 0.2) is 53.6 Å². The monoisotopic (exact) mass is 445 g/mol. The minimum Gasteiger partial charge on any atom is -0.364 e. The lowest BCUT2D eigenvalue weighted by Crippen LogP contribution is -2.51. The Morgan fingerprint density at radius 1 is 1.09 bits per heavy atom. The molecule has 0 aliphatic carbocycles. The van der Waals surface area contributed by atoms with Crippen LogP contribution >= 0.6 is 0 Å². The molecule has 1 aliphatic rings. The maximum Gasteiger partial charge on any atom is 0.287 e. The van der Waals surface area contributed by atoms with Crippen molar-refractivity contribution < 1.29 is 27.5 Å². The van der Waals surface area contributed by atoms with Gasteiger partial charge in [-0.05, 0) is 31.5 Å². The van der Waals surface area contributed by atoms with Crippen LogP contribution in [-0.2, 0) is 0 Å². The van der Waals surface area contributed by atoms with Crippen LogP contribution in [0, 0.1) is 13.8 Å². The highest BCUT2D eigenvalue weighted by Gasteiger charge is 2.53. The lowest BCUT2D eigenvalue weighted by Gasteiger charge is -2.30. The third-order valence-corrected chi connectivity index (χ3v) is 5.43. The van der Waals surface area contributed by atoms with E-state index < -0.39 is 36.6 Å². The molecule has 0 unspecified atom stereocenters. The number of amides is 1. The number of aliphatic hydroxyl groups is 1. The Hall–Kier alpha value is -3.33. The van der Waals surface area contributed by atoms with E-state index in [1.807, 2.05) is 32.0 Å². The topological polar surface area (TPSA) is 65.8 Å². The number of nitrogens with zero attached hydrogens (tertiary/aromatic N) is 3. The van der Waals surface area contributed by atoms with Crippen LogP contribution in [0.1, 0.15) is 27.9 Å². The molecule has 0 radical (unpaired) electrons. The van der Waals surface area contributed by atoms with Crippen molar-refractivity contribution in [2.75, 3.05) is 0 Å². The van der Waals surface area contributed by atoms with Crippen LogP contribution in [0.25, 0.3) is 22.2 Å². The number of carbonyl (C=O) groups is 1. The Kier molecular flexibility index (Phi) is 5.46. The van der Waals surface area contributed by atoms with E-state index in [2.05, 4.69) is 10.1 Å². The van der Waals surface area contributed by atoms with E-state index in [4.69, 9.17) is 0 Å². The second-order valence-corrected chi connectivity index (χ2v) is 7.76. The zero-order valence-corrected chi connectivity index (χ0v) is 17.2. The standard InChI is InChI=1S/C23H19F4N3O2/c1-12-7-8-14(13(2)9-12)18-10-16(15-5-3-4-6-17(15)28-18)21(31)30-23(32,22(26)27)11-19(29-30)20(24)25/h3-10,20,22,32H,11H2,1-2H3/t23-/m0/s1. The van der Waals surface area contributed by atoms with Gasteiger partial charge in [0.15, 0.2) is 0 Å². The number of benzene rings is 2. The van der Waals surface area contributed by atoms with Crippen molar-refractivity contribution in [2.24, 2.45) is 5.10 Å². The van der Waals surface area contributed by atoms with Crippen LogP contribution < -0.4 is 0 Å². The van der Waals surface area contributed by atoms with E-state index >= 15 is 0 Å². The van der Waals surface area contributed by atoms with Gasteiger partial charge in [-0.15, -0.1) is 0 Å². The van der Waals surface area contributed by atoms with Gasteiger partial charge in [-0.1, -0.05) is 42.0 Å². The number of halogens is 4. The summed E-state index contributed by atoms with van der Waals surface area (Å²) in [7, 11) is 0. The van der Waals surface area contributed by atoms with Gasteiger partial charge in [0, 0.05) is 17.4 Å². The largest absolute Gasteiger partial charge is 0.364 e. The third-order valence-electron chi connectivity index (χ3n) is 5.43. The average molecular weight is 445 g/mol. The molecule has 9 heteroatoms. The minimum absolute atomic E-state index is 0.0761. The zero-order valence-electron chi connectivity index (χ0n) is 17.2. The van der Waals surface area contributed by atoms with Crippen molar-refractivity contribution in [1.29, 1.82) is 0 Å². The summed E-state index contributed by atoms with van der Waals surface area (Å²) in [4.78, 5) is 17.9. The molecule has 166 valence electrons. The molecule has 2 heterocycles. The molecule has 0 saturated heterocycles. The summed E-state index contributed by atoms with van der Waals surface area (Å²) in [5.74, 6) is -1.12. The number of hydrogen-bond acceptors (Lipinski definition) is 4. The highest BCUT2D eigenvalue weighted by atomic mass is 19.3. The zero-order chi connectivity index (χ0) is 23.2. The van der Waals surface area contributed by atoms with Crippen molar-refractivity contribution in [3.05, 3.63) is 65.2 Å². The van der Waals surface area contributed by atoms with Crippen LogP contribution in [-0.4, -0.2) is 45.3 Å². The molecule has 1 aliphatic heterocycles. The second kappa shape index (κ2) is 7.98. The Labute approximate surface area is 181 Å². The van der Waals surface area contributed by atoms with Crippen LogP contribution in [0.2, 0.25) is 0 Å². The van der Waals surface area contributed by atoms with Crippen molar-refractivity contribution in [3.63, 3.8) is 0 Å². The highest BCUT2D eigenvalue weighted by molar-refractivity contribution is 6.08. The van der Waals surface area contributed by atoms with Crippen LogP contribution in [0.3, 0.4) is 0 Å². The molecular weight excluding hydrogens is 426 g/mol. The van der Waals surface area contributed by atoms with Gasteiger partial charge >= 0.3 is 0 Å². The molecule has 5 nitrogen and oxygen atoms in total. The summed E-state index contributed by atoms with van der Waals surface area (Å²) < 4.78 is 53.7. The highest BCUT2D eigenvalue weighted by Crippen LogP contribution is 2.36. The fourth-order valence-corrected chi connectivity index (χ4v) is 3.81. The van der Waals surface area contributed by atoms with Crippen LogP contribution in [0.5, 0.6) is 0 Å². The average Bonchev–Trinajstić information content (AvgIpc) is 3.12. The van der Waals surface area contributed by atoms with E-state index in [9.17, 15) is 27.5 Å². The third kappa shape index (κ3) is 3.62. The lowest BCUT2D eigenvalue weighted by atomic mass is 9.98. The Bertz CT molecular complexity index is 1250. The van der Waals surface area contributed by atoms with Gasteiger partial charge in [0.05, 0.1) is 16.8 Å². The van der Waals surface area contributed by atoms with E-state index in [0.29, 0.717) is 16.6 Å². The Morgan fingerprint density at radius 2 is 1.81 bits per heavy atom. The first-order valence-corrected chi connectivity index (χ1v) is 9.80. The summed E-state index contributed by atoms with van der Waals surface area (Å²) in [5, 5.41) is 14.2. The number of hydrogen-bond donors (Lipinski definition) is 1. The minimum atomic E-state index is -3.50. The van der Waals surface area contributed by atoms with E-state index in [-0.39, 0.29) is 10.6 Å². The van der Waals surface area contributed by atoms with Gasteiger partial charge < -0.3 is 5.11 Å². The molecule has 2 aromatic carbocycles. The molecule has 0 spiro atoms. The first-order valence-electron chi connectivity index (χ1n) is 9.80. The number of hydrazone groups is 1. The number of aryl methyl sites for hydroxylation is 2. The molecule has 1 N–H and O–H groups in total. The summed E-state index contributed by atoms with van der Waals surface area (Å²) in [5.41, 5.74) is -0.775. The van der Waals surface area contributed by atoms with Gasteiger partial charge in [-0.25, -0.2) is 22.5 Å². The van der Waals surface area contributed by atoms with Gasteiger partial charge in [0.2, 0.25) is 5.72 Å². The number of alkyl halides is 4. The van der Waals surface area contributed by atoms with Crippen molar-refractivity contribution in [3.8, 4) is 11.3 Å². The van der Waals surface area contributed by atoms with E-state index in [0.717, 1.165) is 16.7 Å². The number of aromatic nitrogens is 1. The first kappa shape index (κ1) is 21.9. The second-order valence-electron chi connectivity index (χ2n) is 7.76. The molecular formula is C23H19F4N3O2. The number of para-hydroxylation sites is 1. The smallest absolute Gasteiger partial charge is 0.287 e. The molecule has 0 saturated carbocycles. The van der Waals surface area contributed by atoms with E-state index in [1.54, 1.807) is 24.3 Å². The molecule has 1 aromatic heterocycles. The molecule has 1 amide bonds. The summed E-state index contributed by atoms with van der Waals surface area (Å²) in [6, 6.07) is 13.6. The first-order chi connectivity index (χ1) is 15.1. The summed E-state index contributed by atoms with van der Waals surface area (Å²) in [6.45, 7) is 3.80. The van der Waals surface area contributed by atoms with Gasteiger partial charge in [0.25, 0.3) is 18.8 Å². The van der Waals surface area contributed by atoms with Crippen molar-refractivity contribution in [1.82, 2.24) is 9.99 Å². The Morgan fingerprint density at radius 3 is 2.47 bits per heavy atom. The molecule has 4 rings (SSSR count). The number of fused-ring (bicyclic) bond motifs is 1. The molecule has 0 bridgehead atoms. The number of carbonyl (C=O) groups excluding carboxylic acids is 1. The van der Waals surface area contributed by atoms with E-state index in [1.165, 1.54) is 6.07 Å². The maximum absolute atomic E-state index is 13.7. The normalized spacial score (nSPS) is 18.7. The predicted octanol–water partition coefficient (Wildman–Crippen LogP) is 4.94. The van der Waals surface area contributed by atoms with Crippen LogP contribution in [0.4, 0.5) is 17.6 Å². The summed E-state index contributed by atoms with van der Waals surface area (Å²) in [6.07, 6.45) is -7.82. The Balaban J connectivity index is 1.90. The molecule has 3 aromatic rings. The predicted molar refractivity (Wildman–Crippen MR) is 112 cm³/mol. The number of pyridine rings is 1. The summed E-state index contributed by atoms with van der Waals surface area (Å²) >= 11 is 0. The number of rotatable bonds is 4.